The Morgan fingerprint density at radius 2 is 1.80 bits per heavy atom. The van der Waals surface area contributed by atoms with Crippen molar-refractivity contribution in [1.82, 2.24) is 5.32 Å². The number of carbonyl (C=O) groups excluding carboxylic acids is 1. The predicted octanol–water partition coefficient (Wildman–Crippen LogP) is 0.651. The fourth-order valence-corrected chi connectivity index (χ4v) is 2.05. The van der Waals surface area contributed by atoms with Crippen molar-refractivity contribution in [2.45, 2.75) is 19.4 Å². The SMILES string of the molecule is CC[C@H](NC(=O)c1ccc(NS(C)(=O)=O)cc1)C(=O)O. The van der Waals surface area contributed by atoms with E-state index in [2.05, 4.69) is 10.0 Å². The molecular weight excluding hydrogens is 284 g/mol. The van der Waals surface area contributed by atoms with Crippen LogP contribution in [-0.2, 0) is 14.8 Å². The van der Waals surface area contributed by atoms with E-state index in [0.717, 1.165) is 6.26 Å². The Morgan fingerprint density at radius 1 is 1.25 bits per heavy atom. The van der Waals surface area contributed by atoms with E-state index in [1.165, 1.54) is 24.3 Å². The number of carboxylic acid groups (broad SMARTS) is 1. The Morgan fingerprint density at radius 3 is 2.20 bits per heavy atom. The van der Waals surface area contributed by atoms with Gasteiger partial charge < -0.3 is 10.4 Å². The van der Waals surface area contributed by atoms with Crippen LogP contribution >= 0.6 is 0 Å². The summed E-state index contributed by atoms with van der Waals surface area (Å²) >= 11 is 0. The summed E-state index contributed by atoms with van der Waals surface area (Å²) < 4.78 is 24.3. The Bertz CT molecular complexity index is 595. The number of nitrogens with one attached hydrogen (secondary N) is 2. The summed E-state index contributed by atoms with van der Waals surface area (Å²) in [6.07, 6.45) is 1.29. The summed E-state index contributed by atoms with van der Waals surface area (Å²) in [6, 6.07) is 4.74. The van der Waals surface area contributed by atoms with Gasteiger partial charge in [0, 0.05) is 11.3 Å². The van der Waals surface area contributed by atoms with Crippen LogP contribution in [0.4, 0.5) is 5.69 Å². The number of carbonyl (C=O) groups is 2. The van der Waals surface area contributed by atoms with Crippen molar-refractivity contribution >= 4 is 27.6 Å². The van der Waals surface area contributed by atoms with E-state index in [1.54, 1.807) is 6.92 Å². The molecule has 0 heterocycles. The number of amides is 1. The first-order valence-corrected chi connectivity index (χ1v) is 7.73. The average Bonchev–Trinajstić information content (AvgIpc) is 2.34. The van der Waals surface area contributed by atoms with Crippen molar-refractivity contribution in [2.75, 3.05) is 11.0 Å². The van der Waals surface area contributed by atoms with Gasteiger partial charge in [-0.15, -0.1) is 0 Å². The molecule has 20 heavy (non-hydrogen) atoms. The number of carboxylic acids is 1. The first-order valence-electron chi connectivity index (χ1n) is 5.84. The van der Waals surface area contributed by atoms with Gasteiger partial charge in [0.1, 0.15) is 6.04 Å². The fraction of sp³-hybridized carbons (Fsp3) is 0.333. The molecule has 0 aromatic heterocycles. The predicted molar refractivity (Wildman–Crippen MR) is 74.1 cm³/mol. The molecule has 0 unspecified atom stereocenters. The molecule has 0 saturated heterocycles. The summed E-state index contributed by atoms with van der Waals surface area (Å²) in [5, 5.41) is 11.2. The summed E-state index contributed by atoms with van der Waals surface area (Å²) in [5.74, 6) is -1.62. The van der Waals surface area contributed by atoms with E-state index in [9.17, 15) is 18.0 Å². The smallest absolute Gasteiger partial charge is 0.326 e. The molecule has 1 atom stereocenters. The van der Waals surface area contributed by atoms with Crippen LogP contribution in [-0.4, -0.2) is 37.7 Å². The van der Waals surface area contributed by atoms with Gasteiger partial charge in [0.05, 0.1) is 6.26 Å². The molecule has 8 heteroatoms. The van der Waals surface area contributed by atoms with E-state index in [0.29, 0.717) is 5.69 Å². The highest BCUT2D eigenvalue weighted by Crippen LogP contribution is 2.11. The summed E-state index contributed by atoms with van der Waals surface area (Å²) in [5.41, 5.74) is 0.582. The number of aliphatic carboxylic acids is 1. The quantitative estimate of drug-likeness (QED) is 0.714. The number of sulfonamides is 1. The van der Waals surface area contributed by atoms with Gasteiger partial charge in [-0.1, -0.05) is 6.92 Å². The molecule has 0 aliphatic heterocycles. The lowest BCUT2D eigenvalue weighted by Crippen LogP contribution is -2.40. The van der Waals surface area contributed by atoms with E-state index in [4.69, 9.17) is 5.11 Å². The third-order valence-corrected chi connectivity index (χ3v) is 3.07. The second-order valence-corrected chi connectivity index (χ2v) is 5.97. The minimum absolute atomic E-state index is 0.253. The Labute approximate surface area is 117 Å². The lowest BCUT2D eigenvalue weighted by Gasteiger charge is -2.12. The molecule has 0 saturated carbocycles. The molecule has 0 aliphatic carbocycles. The monoisotopic (exact) mass is 300 g/mol. The van der Waals surface area contributed by atoms with E-state index in [-0.39, 0.29) is 12.0 Å². The molecule has 110 valence electrons. The molecular formula is C12H16N2O5S. The van der Waals surface area contributed by atoms with Crippen LogP contribution in [0, 0.1) is 0 Å². The number of benzene rings is 1. The molecule has 1 amide bonds. The molecule has 0 fully saturated rings. The van der Waals surface area contributed by atoms with Crippen molar-refractivity contribution in [2.24, 2.45) is 0 Å². The molecule has 7 nitrogen and oxygen atoms in total. The average molecular weight is 300 g/mol. The molecule has 1 aromatic rings. The first kappa shape index (κ1) is 16.0. The van der Waals surface area contributed by atoms with Crippen LogP contribution in [0.1, 0.15) is 23.7 Å². The number of anilines is 1. The van der Waals surface area contributed by atoms with Crippen LogP contribution in [0.5, 0.6) is 0 Å². The Balaban J connectivity index is 2.78. The highest BCUT2D eigenvalue weighted by molar-refractivity contribution is 7.92. The van der Waals surface area contributed by atoms with Gasteiger partial charge in [0.25, 0.3) is 5.91 Å². The number of hydrogen-bond acceptors (Lipinski definition) is 4. The van der Waals surface area contributed by atoms with E-state index in [1.807, 2.05) is 0 Å². The van der Waals surface area contributed by atoms with E-state index < -0.39 is 27.9 Å². The van der Waals surface area contributed by atoms with Crippen molar-refractivity contribution in [3.8, 4) is 0 Å². The second kappa shape index (κ2) is 6.38. The molecule has 1 rings (SSSR count). The van der Waals surface area contributed by atoms with E-state index >= 15 is 0 Å². The van der Waals surface area contributed by atoms with Crippen LogP contribution in [0.15, 0.2) is 24.3 Å². The lowest BCUT2D eigenvalue weighted by atomic mass is 10.1. The number of hydrogen-bond donors (Lipinski definition) is 3. The summed E-state index contributed by atoms with van der Waals surface area (Å²) in [4.78, 5) is 22.6. The normalized spacial score (nSPS) is 12.5. The lowest BCUT2D eigenvalue weighted by molar-refractivity contribution is -0.139. The molecule has 0 bridgehead atoms. The Hall–Kier alpha value is -2.09. The maximum Gasteiger partial charge on any atom is 0.326 e. The maximum absolute atomic E-state index is 11.8. The third-order valence-electron chi connectivity index (χ3n) is 2.46. The fourth-order valence-electron chi connectivity index (χ4n) is 1.48. The maximum atomic E-state index is 11.8. The second-order valence-electron chi connectivity index (χ2n) is 4.22. The molecule has 3 N–H and O–H groups in total. The molecule has 0 aliphatic rings. The first-order chi connectivity index (χ1) is 9.23. The highest BCUT2D eigenvalue weighted by atomic mass is 32.2. The zero-order chi connectivity index (χ0) is 15.3. The summed E-state index contributed by atoms with van der Waals surface area (Å²) in [6.45, 7) is 1.65. The largest absolute Gasteiger partial charge is 0.480 e. The number of rotatable bonds is 6. The summed E-state index contributed by atoms with van der Waals surface area (Å²) in [7, 11) is -3.37. The van der Waals surface area contributed by atoms with Crippen molar-refractivity contribution in [1.29, 1.82) is 0 Å². The van der Waals surface area contributed by atoms with Crippen molar-refractivity contribution < 1.29 is 23.1 Å². The van der Waals surface area contributed by atoms with Crippen LogP contribution in [0.25, 0.3) is 0 Å². The topological polar surface area (TPSA) is 113 Å². The highest BCUT2D eigenvalue weighted by Gasteiger charge is 2.18. The standard InChI is InChI=1S/C12H16N2O5S/c1-3-10(12(16)17)13-11(15)8-4-6-9(7-5-8)14-20(2,18)19/h4-7,10,14H,3H2,1-2H3,(H,13,15)(H,16,17)/t10-/m0/s1. The third kappa shape index (κ3) is 4.88. The van der Waals surface area contributed by atoms with Gasteiger partial charge in [0.2, 0.25) is 10.0 Å². The van der Waals surface area contributed by atoms with Gasteiger partial charge in [-0.05, 0) is 30.7 Å². The molecule has 1 aromatic carbocycles. The van der Waals surface area contributed by atoms with Crippen molar-refractivity contribution in [3.63, 3.8) is 0 Å². The zero-order valence-electron chi connectivity index (χ0n) is 11.1. The van der Waals surface area contributed by atoms with Gasteiger partial charge in [-0.3, -0.25) is 9.52 Å². The van der Waals surface area contributed by atoms with Gasteiger partial charge in [0.15, 0.2) is 0 Å². The molecule has 0 spiro atoms. The minimum Gasteiger partial charge on any atom is -0.480 e. The zero-order valence-corrected chi connectivity index (χ0v) is 11.9. The van der Waals surface area contributed by atoms with Gasteiger partial charge in [-0.2, -0.15) is 0 Å². The van der Waals surface area contributed by atoms with Crippen LogP contribution in [0.2, 0.25) is 0 Å². The van der Waals surface area contributed by atoms with Crippen LogP contribution in [0.3, 0.4) is 0 Å². The Kier molecular flexibility index (Phi) is 5.09. The van der Waals surface area contributed by atoms with Crippen LogP contribution < -0.4 is 10.0 Å². The molecule has 0 radical (unpaired) electrons. The van der Waals surface area contributed by atoms with Crippen molar-refractivity contribution in [3.05, 3.63) is 29.8 Å². The van der Waals surface area contributed by atoms with Gasteiger partial charge >= 0.3 is 5.97 Å². The minimum atomic E-state index is -3.37. The van der Waals surface area contributed by atoms with Gasteiger partial charge in [-0.25, -0.2) is 13.2 Å².